The summed E-state index contributed by atoms with van der Waals surface area (Å²) in [7, 11) is 2.39. The molecular formula is C19H32N2O8. The van der Waals surface area contributed by atoms with Gasteiger partial charge in [-0.3, -0.25) is 4.90 Å². The fourth-order valence-electron chi connectivity index (χ4n) is 2.92. The number of rotatable bonds is 4. The monoisotopic (exact) mass is 416 g/mol. The Balaban J connectivity index is 3.07. The Morgan fingerprint density at radius 1 is 0.931 bits per heavy atom. The van der Waals surface area contributed by atoms with Gasteiger partial charge < -0.3 is 24.3 Å². The van der Waals surface area contributed by atoms with Gasteiger partial charge >= 0.3 is 24.1 Å². The van der Waals surface area contributed by atoms with Gasteiger partial charge in [0, 0.05) is 12.5 Å². The number of carbonyl (C=O) groups is 4. The molecule has 0 aromatic carbocycles. The molecule has 1 saturated heterocycles. The lowest BCUT2D eigenvalue weighted by atomic mass is 9.96. The first-order valence-electron chi connectivity index (χ1n) is 9.33. The number of alkyl carbamates (subject to hydrolysis) is 1. The highest BCUT2D eigenvalue weighted by molar-refractivity contribution is 5.84. The first kappa shape index (κ1) is 24.5. The van der Waals surface area contributed by atoms with Gasteiger partial charge in [0.25, 0.3) is 0 Å². The quantitative estimate of drug-likeness (QED) is 0.544. The summed E-state index contributed by atoms with van der Waals surface area (Å²) in [5, 5.41) is 2.48. The molecule has 0 saturated carbocycles. The average Bonchev–Trinajstić information content (AvgIpc) is 3.00. The zero-order valence-corrected chi connectivity index (χ0v) is 18.4. The Morgan fingerprint density at radius 2 is 1.48 bits per heavy atom. The van der Waals surface area contributed by atoms with Gasteiger partial charge in [-0.2, -0.15) is 0 Å². The van der Waals surface area contributed by atoms with Crippen molar-refractivity contribution in [1.82, 2.24) is 10.2 Å². The second-order valence-electron chi connectivity index (χ2n) is 8.81. The summed E-state index contributed by atoms with van der Waals surface area (Å²) >= 11 is 0. The zero-order chi connectivity index (χ0) is 22.6. The molecule has 1 unspecified atom stereocenters. The van der Waals surface area contributed by atoms with E-state index in [1.54, 1.807) is 41.5 Å². The number of hydrogen-bond acceptors (Lipinski definition) is 8. The molecule has 29 heavy (non-hydrogen) atoms. The van der Waals surface area contributed by atoms with Crippen LogP contribution in [0.25, 0.3) is 0 Å². The van der Waals surface area contributed by atoms with Gasteiger partial charge in [0.1, 0.15) is 23.3 Å². The Hall–Kier alpha value is -2.52. The highest BCUT2D eigenvalue weighted by Gasteiger charge is 2.47. The van der Waals surface area contributed by atoms with E-state index < -0.39 is 53.3 Å². The lowest BCUT2D eigenvalue weighted by molar-refractivity contribution is -0.146. The van der Waals surface area contributed by atoms with Crippen LogP contribution in [0, 0.1) is 5.92 Å². The molecule has 10 nitrogen and oxygen atoms in total. The minimum Gasteiger partial charge on any atom is -0.467 e. The molecule has 1 heterocycles. The number of nitrogens with one attached hydrogen (secondary N) is 1. The van der Waals surface area contributed by atoms with E-state index in [-0.39, 0.29) is 13.0 Å². The number of esters is 2. The smallest absolute Gasteiger partial charge is 0.411 e. The predicted molar refractivity (Wildman–Crippen MR) is 102 cm³/mol. The Kier molecular flexibility index (Phi) is 7.88. The summed E-state index contributed by atoms with van der Waals surface area (Å²) in [6.07, 6.45) is -1.43. The Morgan fingerprint density at radius 3 is 1.93 bits per heavy atom. The molecule has 0 radical (unpaired) electrons. The normalized spacial score (nSPS) is 20.5. The number of ether oxygens (including phenoxy) is 4. The fourth-order valence-corrected chi connectivity index (χ4v) is 2.92. The molecule has 1 aliphatic heterocycles. The predicted octanol–water partition coefficient (Wildman–Crippen LogP) is 1.85. The molecule has 2 amide bonds. The Labute approximate surface area is 171 Å². The summed E-state index contributed by atoms with van der Waals surface area (Å²) in [5.41, 5.74) is -1.54. The standard InChI is InChI=1S/C19H32N2O8/c1-18(2,3)28-16(24)20-13(15(23)27-8)11-9-12(14(22)26-7)21(10-11)17(25)29-19(4,5)6/h11-13H,9-10H2,1-8H3,(H,20,24)/t11-,12-,13?/m0/s1. The van der Waals surface area contributed by atoms with E-state index in [1.165, 1.54) is 19.1 Å². The third kappa shape index (κ3) is 7.43. The van der Waals surface area contributed by atoms with Crippen LogP contribution in [0.1, 0.15) is 48.0 Å². The van der Waals surface area contributed by atoms with E-state index in [0.717, 1.165) is 0 Å². The van der Waals surface area contributed by atoms with Gasteiger partial charge in [0.2, 0.25) is 0 Å². The minimum atomic E-state index is -1.12. The van der Waals surface area contributed by atoms with E-state index in [1.807, 2.05) is 0 Å². The van der Waals surface area contributed by atoms with Crippen LogP contribution in [0.3, 0.4) is 0 Å². The first-order valence-corrected chi connectivity index (χ1v) is 9.33. The summed E-state index contributed by atoms with van der Waals surface area (Å²) in [6, 6.07) is -2.07. The van der Waals surface area contributed by atoms with Crippen molar-refractivity contribution in [3.8, 4) is 0 Å². The largest absolute Gasteiger partial charge is 0.467 e. The van der Waals surface area contributed by atoms with Crippen LogP contribution in [0.2, 0.25) is 0 Å². The van der Waals surface area contributed by atoms with E-state index >= 15 is 0 Å². The molecule has 0 aromatic rings. The van der Waals surface area contributed by atoms with Gasteiger partial charge in [0.15, 0.2) is 0 Å². The van der Waals surface area contributed by atoms with Crippen LogP contribution in [-0.2, 0) is 28.5 Å². The maximum absolute atomic E-state index is 12.6. The first-order chi connectivity index (χ1) is 13.2. The summed E-state index contributed by atoms with van der Waals surface area (Å²) in [5.74, 6) is -1.96. The summed E-state index contributed by atoms with van der Waals surface area (Å²) in [4.78, 5) is 50.5. The topological polar surface area (TPSA) is 120 Å². The molecule has 1 rings (SSSR count). The molecule has 0 spiro atoms. The van der Waals surface area contributed by atoms with E-state index in [0.29, 0.717) is 0 Å². The van der Waals surface area contributed by atoms with Gasteiger partial charge in [-0.1, -0.05) is 0 Å². The van der Waals surface area contributed by atoms with Crippen LogP contribution in [0.4, 0.5) is 9.59 Å². The fraction of sp³-hybridized carbons (Fsp3) is 0.789. The van der Waals surface area contributed by atoms with E-state index in [2.05, 4.69) is 5.32 Å². The van der Waals surface area contributed by atoms with E-state index in [9.17, 15) is 19.2 Å². The van der Waals surface area contributed by atoms with Crippen LogP contribution in [0.15, 0.2) is 0 Å². The van der Waals surface area contributed by atoms with Crippen molar-refractivity contribution in [3.05, 3.63) is 0 Å². The molecule has 3 atom stereocenters. The number of amides is 2. The minimum absolute atomic E-state index is 0.00968. The molecule has 166 valence electrons. The molecule has 0 aromatic heterocycles. The lowest BCUT2D eigenvalue weighted by Gasteiger charge is -2.28. The number of nitrogens with zero attached hydrogens (tertiary/aromatic N) is 1. The summed E-state index contributed by atoms with van der Waals surface area (Å²) in [6.45, 7) is 10.2. The maximum Gasteiger partial charge on any atom is 0.411 e. The van der Waals surface area contributed by atoms with Crippen molar-refractivity contribution in [1.29, 1.82) is 0 Å². The van der Waals surface area contributed by atoms with Crippen molar-refractivity contribution >= 4 is 24.1 Å². The SMILES string of the molecule is COC(=O)C(NC(=O)OC(C)(C)C)[C@H]1C[C@@H](C(=O)OC)N(C(=O)OC(C)(C)C)C1. The lowest BCUT2D eigenvalue weighted by Crippen LogP contribution is -2.49. The number of likely N-dealkylation sites (tertiary alicyclic amines) is 1. The molecular weight excluding hydrogens is 384 g/mol. The van der Waals surface area contributed by atoms with Gasteiger partial charge in [-0.15, -0.1) is 0 Å². The van der Waals surface area contributed by atoms with Crippen molar-refractivity contribution in [2.75, 3.05) is 20.8 Å². The summed E-state index contributed by atoms with van der Waals surface area (Å²) < 4.78 is 20.1. The Bertz CT molecular complexity index is 635. The van der Waals surface area contributed by atoms with Crippen LogP contribution < -0.4 is 5.32 Å². The van der Waals surface area contributed by atoms with Crippen LogP contribution in [0.5, 0.6) is 0 Å². The number of carbonyl (C=O) groups excluding carboxylic acids is 4. The molecule has 1 aliphatic rings. The molecule has 0 aliphatic carbocycles. The van der Waals surface area contributed by atoms with Crippen molar-refractivity contribution in [3.63, 3.8) is 0 Å². The molecule has 1 fully saturated rings. The molecule has 10 heteroatoms. The van der Waals surface area contributed by atoms with Crippen LogP contribution >= 0.6 is 0 Å². The second-order valence-corrected chi connectivity index (χ2v) is 8.81. The zero-order valence-electron chi connectivity index (χ0n) is 18.4. The molecule has 0 bridgehead atoms. The number of methoxy groups -OCH3 is 2. The van der Waals surface area contributed by atoms with Gasteiger partial charge in [0.05, 0.1) is 14.2 Å². The van der Waals surface area contributed by atoms with Gasteiger partial charge in [-0.05, 0) is 48.0 Å². The maximum atomic E-state index is 12.6. The van der Waals surface area contributed by atoms with Crippen molar-refractivity contribution < 1.29 is 38.1 Å². The van der Waals surface area contributed by atoms with Crippen molar-refractivity contribution in [2.45, 2.75) is 71.2 Å². The second kappa shape index (κ2) is 9.32. The highest BCUT2D eigenvalue weighted by atomic mass is 16.6. The van der Waals surface area contributed by atoms with E-state index in [4.69, 9.17) is 18.9 Å². The van der Waals surface area contributed by atoms with Crippen LogP contribution in [-0.4, -0.2) is 73.1 Å². The third-order valence-electron chi connectivity index (χ3n) is 4.03. The average molecular weight is 416 g/mol. The third-order valence-corrected chi connectivity index (χ3v) is 4.03. The number of hydrogen-bond donors (Lipinski definition) is 1. The highest BCUT2D eigenvalue weighted by Crippen LogP contribution is 2.29. The van der Waals surface area contributed by atoms with Crippen molar-refractivity contribution in [2.24, 2.45) is 5.92 Å². The van der Waals surface area contributed by atoms with Gasteiger partial charge in [-0.25, -0.2) is 19.2 Å². The molecule has 1 N–H and O–H groups in total.